The van der Waals surface area contributed by atoms with E-state index in [4.69, 9.17) is 5.11 Å². The van der Waals surface area contributed by atoms with E-state index in [1.807, 2.05) is 0 Å². The molecule has 1 aromatic carbocycles. The summed E-state index contributed by atoms with van der Waals surface area (Å²) in [4.78, 5) is 22.2. The summed E-state index contributed by atoms with van der Waals surface area (Å²) in [6.07, 6.45) is 0. The van der Waals surface area contributed by atoms with Gasteiger partial charge in [0.1, 0.15) is 11.5 Å². The van der Waals surface area contributed by atoms with Crippen LogP contribution in [-0.2, 0) is 0 Å². The monoisotopic (exact) mass is 234 g/mol. The second-order valence-electron chi connectivity index (χ2n) is 3.23. The molecule has 0 fully saturated rings. The van der Waals surface area contributed by atoms with Crippen LogP contribution in [0.15, 0.2) is 41.2 Å². The SMILES string of the molecule is O=C(O)c1ccc(=O)n(-c2ccccc2F)n1. The van der Waals surface area contributed by atoms with Crippen molar-refractivity contribution in [3.63, 3.8) is 0 Å². The number of carboxylic acids is 1. The average molecular weight is 234 g/mol. The van der Waals surface area contributed by atoms with Gasteiger partial charge in [0.15, 0.2) is 5.69 Å². The van der Waals surface area contributed by atoms with Crippen LogP contribution in [0, 0.1) is 5.82 Å². The molecule has 2 rings (SSSR count). The summed E-state index contributed by atoms with van der Waals surface area (Å²) in [7, 11) is 0. The highest BCUT2D eigenvalue weighted by atomic mass is 19.1. The van der Waals surface area contributed by atoms with Gasteiger partial charge in [0.25, 0.3) is 5.56 Å². The highest BCUT2D eigenvalue weighted by Gasteiger charge is 2.10. The van der Waals surface area contributed by atoms with Gasteiger partial charge in [-0.1, -0.05) is 12.1 Å². The molecule has 0 atom stereocenters. The predicted molar refractivity (Wildman–Crippen MR) is 56.8 cm³/mol. The van der Waals surface area contributed by atoms with Crippen LogP contribution < -0.4 is 5.56 Å². The Bertz CT molecular complexity index is 637. The topological polar surface area (TPSA) is 72.2 Å². The van der Waals surface area contributed by atoms with E-state index in [-0.39, 0.29) is 11.4 Å². The first-order chi connectivity index (χ1) is 8.09. The van der Waals surface area contributed by atoms with E-state index in [0.717, 1.165) is 22.9 Å². The lowest BCUT2D eigenvalue weighted by atomic mass is 10.3. The van der Waals surface area contributed by atoms with E-state index in [0.29, 0.717) is 0 Å². The van der Waals surface area contributed by atoms with Crippen LogP contribution in [-0.4, -0.2) is 20.9 Å². The van der Waals surface area contributed by atoms with Gasteiger partial charge in [0.2, 0.25) is 0 Å². The molecule has 2 aromatic rings. The number of hydrogen-bond donors (Lipinski definition) is 1. The zero-order chi connectivity index (χ0) is 12.4. The molecule has 86 valence electrons. The first-order valence-electron chi connectivity index (χ1n) is 4.68. The lowest BCUT2D eigenvalue weighted by Gasteiger charge is -2.05. The van der Waals surface area contributed by atoms with Crippen molar-refractivity contribution >= 4 is 5.97 Å². The quantitative estimate of drug-likeness (QED) is 0.843. The zero-order valence-electron chi connectivity index (χ0n) is 8.50. The molecular formula is C11H7FN2O3. The molecule has 6 heteroatoms. The second-order valence-corrected chi connectivity index (χ2v) is 3.23. The molecule has 1 aromatic heterocycles. The maximum absolute atomic E-state index is 13.4. The minimum atomic E-state index is -1.28. The van der Waals surface area contributed by atoms with E-state index in [9.17, 15) is 14.0 Å². The zero-order valence-corrected chi connectivity index (χ0v) is 8.50. The Morgan fingerprint density at radius 1 is 1.24 bits per heavy atom. The highest BCUT2D eigenvalue weighted by molar-refractivity contribution is 5.84. The predicted octanol–water partition coefficient (Wildman–Crippen LogP) is 1.07. The Labute approximate surface area is 94.8 Å². The van der Waals surface area contributed by atoms with Crippen LogP contribution in [0.3, 0.4) is 0 Å². The third-order valence-corrected chi connectivity index (χ3v) is 2.10. The number of halogens is 1. The molecule has 0 bridgehead atoms. The van der Waals surface area contributed by atoms with Gasteiger partial charge in [-0.15, -0.1) is 0 Å². The van der Waals surface area contributed by atoms with E-state index < -0.39 is 17.3 Å². The molecule has 17 heavy (non-hydrogen) atoms. The number of nitrogens with zero attached hydrogens (tertiary/aromatic N) is 2. The van der Waals surface area contributed by atoms with Crippen molar-refractivity contribution in [2.45, 2.75) is 0 Å². The molecule has 1 N–H and O–H groups in total. The Hall–Kier alpha value is -2.50. The third kappa shape index (κ3) is 2.05. The van der Waals surface area contributed by atoms with Crippen molar-refractivity contribution in [2.24, 2.45) is 0 Å². The summed E-state index contributed by atoms with van der Waals surface area (Å²) in [5, 5.41) is 12.3. The average Bonchev–Trinajstić information content (AvgIpc) is 2.30. The van der Waals surface area contributed by atoms with Crippen molar-refractivity contribution in [2.75, 3.05) is 0 Å². The summed E-state index contributed by atoms with van der Waals surface area (Å²) in [5.74, 6) is -1.93. The van der Waals surface area contributed by atoms with Crippen LogP contribution in [0.5, 0.6) is 0 Å². The lowest BCUT2D eigenvalue weighted by Crippen LogP contribution is -2.23. The van der Waals surface area contributed by atoms with E-state index in [1.54, 1.807) is 0 Å². The molecule has 0 spiro atoms. The van der Waals surface area contributed by atoms with Gasteiger partial charge in [0, 0.05) is 6.07 Å². The minimum absolute atomic E-state index is 0.0828. The molecule has 5 nitrogen and oxygen atoms in total. The first-order valence-corrected chi connectivity index (χ1v) is 4.68. The maximum atomic E-state index is 13.4. The van der Waals surface area contributed by atoms with Crippen LogP contribution in [0.4, 0.5) is 4.39 Å². The summed E-state index contributed by atoms with van der Waals surface area (Å²) in [6, 6.07) is 7.60. The molecule has 0 aliphatic rings. The van der Waals surface area contributed by atoms with E-state index in [1.165, 1.54) is 18.2 Å². The van der Waals surface area contributed by atoms with E-state index >= 15 is 0 Å². The van der Waals surface area contributed by atoms with Gasteiger partial charge >= 0.3 is 5.97 Å². The highest BCUT2D eigenvalue weighted by Crippen LogP contribution is 2.09. The van der Waals surface area contributed by atoms with Crippen LogP contribution >= 0.6 is 0 Å². The molecule has 0 aliphatic heterocycles. The summed E-state index contributed by atoms with van der Waals surface area (Å²) < 4.78 is 14.2. The van der Waals surface area contributed by atoms with Gasteiger partial charge in [-0.25, -0.2) is 9.18 Å². The molecular weight excluding hydrogens is 227 g/mol. The summed E-state index contributed by atoms with van der Waals surface area (Å²) in [5.41, 5.74) is -1.01. The molecule has 0 aliphatic carbocycles. The summed E-state index contributed by atoms with van der Waals surface area (Å²) in [6.45, 7) is 0. The second kappa shape index (κ2) is 4.17. The minimum Gasteiger partial charge on any atom is -0.476 e. The molecule has 0 saturated carbocycles. The largest absolute Gasteiger partial charge is 0.476 e. The van der Waals surface area contributed by atoms with Gasteiger partial charge in [-0.05, 0) is 18.2 Å². The van der Waals surface area contributed by atoms with E-state index in [2.05, 4.69) is 5.10 Å². The molecule has 0 saturated heterocycles. The van der Waals surface area contributed by atoms with Crippen molar-refractivity contribution in [3.05, 3.63) is 58.3 Å². The van der Waals surface area contributed by atoms with Gasteiger partial charge in [-0.2, -0.15) is 9.78 Å². The number of para-hydroxylation sites is 1. The summed E-state index contributed by atoms with van der Waals surface area (Å²) >= 11 is 0. The van der Waals surface area contributed by atoms with Crippen molar-refractivity contribution in [1.29, 1.82) is 0 Å². The van der Waals surface area contributed by atoms with Crippen LogP contribution in [0.2, 0.25) is 0 Å². The van der Waals surface area contributed by atoms with Crippen LogP contribution in [0.1, 0.15) is 10.5 Å². The lowest BCUT2D eigenvalue weighted by molar-refractivity contribution is 0.0688. The van der Waals surface area contributed by atoms with Gasteiger partial charge in [-0.3, -0.25) is 4.79 Å². The number of aromatic carboxylic acids is 1. The molecule has 1 heterocycles. The number of rotatable bonds is 2. The fraction of sp³-hybridized carbons (Fsp3) is 0. The number of carbonyl (C=O) groups is 1. The molecule has 0 radical (unpaired) electrons. The molecule has 0 unspecified atom stereocenters. The number of aromatic nitrogens is 2. The normalized spacial score (nSPS) is 10.2. The van der Waals surface area contributed by atoms with Crippen molar-refractivity contribution in [3.8, 4) is 5.69 Å². The third-order valence-electron chi connectivity index (χ3n) is 2.10. The smallest absolute Gasteiger partial charge is 0.356 e. The number of benzene rings is 1. The van der Waals surface area contributed by atoms with Gasteiger partial charge < -0.3 is 5.11 Å². The Morgan fingerprint density at radius 2 is 1.94 bits per heavy atom. The Kier molecular flexibility index (Phi) is 2.70. The number of carboxylic acid groups (broad SMARTS) is 1. The maximum Gasteiger partial charge on any atom is 0.356 e. The first kappa shape index (κ1) is 11.0. The number of hydrogen-bond acceptors (Lipinski definition) is 3. The standard InChI is InChI=1S/C11H7FN2O3/c12-7-3-1-2-4-9(7)14-10(15)6-5-8(13-14)11(16)17/h1-6H,(H,16,17). The Morgan fingerprint density at radius 3 is 2.59 bits per heavy atom. The van der Waals surface area contributed by atoms with Crippen molar-refractivity contribution < 1.29 is 14.3 Å². The fourth-order valence-corrected chi connectivity index (χ4v) is 1.32. The molecule has 0 amide bonds. The fourth-order valence-electron chi connectivity index (χ4n) is 1.32. The van der Waals surface area contributed by atoms with Crippen LogP contribution in [0.25, 0.3) is 5.69 Å². The van der Waals surface area contributed by atoms with Gasteiger partial charge in [0.05, 0.1) is 0 Å². The van der Waals surface area contributed by atoms with Crippen molar-refractivity contribution in [1.82, 2.24) is 9.78 Å². The Balaban J connectivity index is 2.67.